The first-order valence-electron chi connectivity index (χ1n) is 8.92. The van der Waals surface area contributed by atoms with Gasteiger partial charge in [0.2, 0.25) is 5.78 Å². The lowest BCUT2D eigenvalue weighted by Crippen LogP contribution is -2.14. The number of hydrogen-bond donors (Lipinski definition) is 1. The van der Waals surface area contributed by atoms with E-state index in [2.05, 4.69) is 9.71 Å². The number of nitrogens with one attached hydrogen (secondary N) is 1. The summed E-state index contributed by atoms with van der Waals surface area (Å²) in [6, 6.07) is 9.20. The van der Waals surface area contributed by atoms with E-state index in [9.17, 15) is 22.2 Å². The predicted molar refractivity (Wildman–Crippen MR) is 117 cm³/mol. The van der Waals surface area contributed by atoms with Crippen LogP contribution in [0.4, 0.5) is 18.9 Å². The molecule has 1 N–H and O–H groups in total. The van der Waals surface area contributed by atoms with Gasteiger partial charge in [-0.15, -0.1) is 0 Å². The van der Waals surface area contributed by atoms with Gasteiger partial charge in [-0.25, -0.2) is 9.19 Å². The van der Waals surface area contributed by atoms with Gasteiger partial charge in [0, 0.05) is 6.20 Å². The van der Waals surface area contributed by atoms with Gasteiger partial charge < -0.3 is 4.74 Å². The summed E-state index contributed by atoms with van der Waals surface area (Å²) in [6.45, 7) is 1.71. The first-order valence-corrected chi connectivity index (χ1v) is 10.8. The van der Waals surface area contributed by atoms with E-state index in [1.165, 1.54) is 25.4 Å². The summed E-state index contributed by atoms with van der Waals surface area (Å²) >= 11 is 11.6. The molecule has 0 spiro atoms. The molecule has 1 atom stereocenters. The number of ketones is 1. The molecule has 0 amide bonds. The number of nitrogens with zero attached hydrogens (tertiary/aromatic N) is 1. The zero-order chi connectivity index (χ0) is 23.6. The fourth-order valence-corrected chi connectivity index (χ4v) is 4.19. The van der Waals surface area contributed by atoms with Crippen LogP contribution >= 0.6 is 23.2 Å². The Bertz CT molecular complexity index is 1220. The Morgan fingerprint density at radius 1 is 1.16 bits per heavy atom. The van der Waals surface area contributed by atoms with Crippen LogP contribution in [0.1, 0.15) is 27.2 Å². The molecule has 0 saturated carbocycles. The Morgan fingerprint density at radius 2 is 1.88 bits per heavy atom. The minimum atomic E-state index is -4.72. The number of carbonyl (C=O) groups excluding carboxylic acids is 1. The molecule has 0 bridgehead atoms. The van der Waals surface area contributed by atoms with E-state index < -0.39 is 33.5 Å². The van der Waals surface area contributed by atoms with Crippen LogP contribution in [-0.2, 0) is 17.2 Å². The van der Waals surface area contributed by atoms with E-state index in [4.69, 9.17) is 27.9 Å². The maximum Gasteiger partial charge on any atom is 0.417 e. The topological polar surface area (TPSA) is 68.3 Å². The van der Waals surface area contributed by atoms with Crippen molar-refractivity contribution in [1.82, 2.24) is 4.98 Å². The number of pyridine rings is 1. The van der Waals surface area contributed by atoms with Gasteiger partial charge in [0.25, 0.3) is 0 Å². The lowest BCUT2D eigenvalue weighted by atomic mass is 10.0. The van der Waals surface area contributed by atoms with Crippen LogP contribution in [0.2, 0.25) is 10.0 Å². The van der Waals surface area contributed by atoms with Crippen molar-refractivity contribution >= 4 is 45.7 Å². The van der Waals surface area contributed by atoms with Crippen LogP contribution in [0.5, 0.6) is 5.75 Å². The lowest BCUT2D eigenvalue weighted by molar-refractivity contribution is -0.137. The molecule has 0 fully saturated rings. The Morgan fingerprint density at radius 3 is 2.53 bits per heavy atom. The van der Waals surface area contributed by atoms with Gasteiger partial charge in [-0.2, -0.15) is 13.2 Å². The van der Waals surface area contributed by atoms with Gasteiger partial charge in [-0.3, -0.25) is 9.52 Å². The smallest absolute Gasteiger partial charge is 0.417 e. The van der Waals surface area contributed by atoms with Crippen LogP contribution in [0.15, 0.2) is 53.6 Å². The van der Waals surface area contributed by atoms with Crippen molar-refractivity contribution < 1.29 is 26.9 Å². The third-order valence-electron chi connectivity index (χ3n) is 4.41. The molecule has 1 unspecified atom stereocenters. The van der Waals surface area contributed by atoms with Crippen LogP contribution < -0.4 is 9.46 Å². The molecule has 0 saturated heterocycles. The molecular formula is C21H15Cl2F3N2O3S. The SMILES string of the molecule is COc1cccc(C)c1C(=O)c1ncc(Cl)cc1NS(=O)c1ccc(Cl)c(C(F)(F)F)c1. The fourth-order valence-electron chi connectivity index (χ4n) is 2.91. The van der Waals surface area contributed by atoms with Gasteiger partial charge in [0.05, 0.1) is 38.9 Å². The molecule has 0 aliphatic rings. The molecule has 1 aromatic heterocycles. The number of alkyl halides is 3. The number of methoxy groups -OCH3 is 1. The second-order valence-electron chi connectivity index (χ2n) is 6.54. The monoisotopic (exact) mass is 502 g/mol. The van der Waals surface area contributed by atoms with Crippen molar-refractivity contribution in [2.24, 2.45) is 0 Å². The Balaban J connectivity index is 2.02. The molecule has 32 heavy (non-hydrogen) atoms. The minimum absolute atomic E-state index is 0.0188. The van der Waals surface area contributed by atoms with E-state index in [1.807, 2.05) is 0 Å². The van der Waals surface area contributed by atoms with Crippen LogP contribution in [0.3, 0.4) is 0 Å². The number of ether oxygens (including phenoxy) is 1. The quantitative estimate of drug-likeness (QED) is 0.414. The summed E-state index contributed by atoms with van der Waals surface area (Å²) in [6.07, 6.45) is -3.49. The van der Waals surface area contributed by atoms with Crippen LogP contribution in [0.25, 0.3) is 0 Å². The summed E-state index contributed by atoms with van der Waals surface area (Å²) in [5, 5.41) is -0.393. The number of halogens is 5. The number of carbonyl (C=O) groups is 1. The highest BCUT2D eigenvalue weighted by atomic mass is 35.5. The maximum absolute atomic E-state index is 13.2. The molecule has 3 rings (SSSR count). The molecule has 2 aromatic carbocycles. The Kier molecular flexibility index (Phi) is 7.12. The zero-order valence-corrected chi connectivity index (χ0v) is 18.9. The molecule has 5 nitrogen and oxygen atoms in total. The summed E-state index contributed by atoms with van der Waals surface area (Å²) in [5.41, 5.74) is -0.415. The third-order valence-corrected chi connectivity index (χ3v) is 6.03. The molecular weight excluding hydrogens is 488 g/mol. The number of aryl methyl sites for hydroxylation is 1. The molecule has 0 aliphatic heterocycles. The fraction of sp³-hybridized carbons (Fsp3) is 0.143. The molecule has 11 heteroatoms. The van der Waals surface area contributed by atoms with Crippen molar-refractivity contribution in [2.75, 3.05) is 11.8 Å². The van der Waals surface area contributed by atoms with E-state index in [1.54, 1.807) is 25.1 Å². The number of aromatic nitrogens is 1. The molecule has 1 heterocycles. The Hall–Kier alpha value is -2.62. The largest absolute Gasteiger partial charge is 0.496 e. The van der Waals surface area contributed by atoms with E-state index in [-0.39, 0.29) is 26.9 Å². The third kappa shape index (κ3) is 5.06. The average molecular weight is 503 g/mol. The van der Waals surface area contributed by atoms with Gasteiger partial charge >= 0.3 is 6.18 Å². The van der Waals surface area contributed by atoms with Gasteiger partial charge in [-0.05, 0) is 42.8 Å². The minimum Gasteiger partial charge on any atom is -0.496 e. The van der Waals surface area contributed by atoms with E-state index >= 15 is 0 Å². The highest BCUT2D eigenvalue weighted by molar-refractivity contribution is 7.86. The normalized spacial score (nSPS) is 12.3. The molecule has 3 aromatic rings. The predicted octanol–water partition coefficient (Wildman–Crippen LogP) is 6.09. The van der Waals surface area contributed by atoms with Crippen molar-refractivity contribution in [2.45, 2.75) is 18.0 Å². The summed E-state index contributed by atoms with van der Waals surface area (Å²) in [7, 11) is -0.772. The Labute approximate surface area is 194 Å². The van der Waals surface area contributed by atoms with E-state index in [0.717, 1.165) is 6.07 Å². The number of anilines is 1. The second kappa shape index (κ2) is 9.48. The maximum atomic E-state index is 13.2. The number of hydrogen-bond acceptors (Lipinski definition) is 4. The van der Waals surface area contributed by atoms with E-state index in [0.29, 0.717) is 17.4 Å². The van der Waals surface area contributed by atoms with Crippen molar-refractivity contribution in [3.63, 3.8) is 0 Å². The highest BCUT2D eigenvalue weighted by Crippen LogP contribution is 2.36. The van der Waals surface area contributed by atoms with Gasteiger partial charge in [-0.1, -0.05) is 35.3 Å². The summed E-state index contributed by atoms with van der Waals surface area (Å²) in [4.78, 5) is 17.1. The first-order chi connectivity index (χ1) is 15.0. The van der Waals surface area contributed by atoms with Crippen LogP contribution in [0, 0.1) is 6.92 Å². The first kappa shape index (κ1) is 24.0. The summed E-state index contributed by atoms with van der Waals surface area (Å²) < 4.78 is 60.0. The number of benzene rings is 2. The van der Waals surface area contributed by atoms with Gasteiger partial charge in [0.15, 0.2) is 0 Å². The number of rotatable bonds is 6. The van der Waals surface area contributed by atoms with Gasteiger partial charge in [0.1, 0.15) is 22.4 Å². The van der Waals surface area contributed by atoms with Crippen LogP contribution in [-0.4, -0.2) is 22.1 Å². The molecule has 168 valence electrons. The standard InChI is InChI=1S/C21H15Cl2F3N2O3S/c1-11-4-3-5-17(31-2)18(11)20(29)19-16(8-12(22)10-27-19)28-32(30)13-6-7-15(23)14(9-13)21(24,25)26/h3-10,28H,1-2H3. The van der Waals surface area contributed by atoms with Crippen molar-refractivity contribution in [3.05, 3.63) is 81.1 Å². The van der Waals surface area contributed by atoms with Crippen molar-refractivity contribution in [1.29, 1.82) is 0 Å². The summed E-state index contributed by atoms with van der Waals surface area (Å²) in [5.74, 6) is -0.227. The highest BCUT2D eigenvalue weighted by Gasteiger charge is 2.34. The average Bonchev–Trinajstić information content (AvgIpc) is 2.72. The zero-order valence-electron chi connectivity index (χ0n) is 16.6. The second-order valence-corrected chi connectivity index (χ2v) is 8.60. The molecule has 0 aliphatic carbocycles. The lowest BCUT2D eigenvalue weighted by Gasteiger charge is -2.15. The molecule has 0 radical (unpaired) electrons. The van der Waals surface area contributed by atoms with Crippen molar-refractivity contribution in [3.8, 4) is 5.75 Å².